The number of sulfonamides is 1. The van der Waals surface area contributed by atoms with Gasteiger partial charge in [-0.15, -0.1) is 4.57 Å². The van der Waals surface area contributed by atoms with Gasteiger partial charge in [-0.1, -0.05) is 18.2 Å². The number of nitrogens with zero attached hydrogens (tertiary/aromatic N) is 2. The minimum absolute atomic E-state index is 0. The van der Waals surface area contributed by atoms with Crippen molar-refractivity contribution in [2.75, 3.05) is 0 Å². The minimum atomic E-state index is -4.03. The quantitative estimate of drug-likeness (QED) is 0.297. The first-order valence-corrected chi connectivity index (χ1v) is 10.4. The van der Waals surface area contributed by atoms with Gasteiger partial charge in [-0.3, -0.25) is 10.1 Å². The van der Waals surface area contributed by atoms with E-state index in [4.69, 9.17) is 0 Å². The molecular weight excluding hydrogens is 486 g/mol. The van der Waals surface area contributed by atoms with Crippen LogP contribution < -0.4 is 21.7 Å². The van der Waals surface area contributed by atoms with E-state index in [-0.39, 0.29) is 23.0 Å². The molecule has 1 aromatic heterocycles. The van der Waals surface area contributed by atoms with Crippen molar-refractivity contribution in [3.63, 3.8) is 0 Å². The highest BCUT2D eigenvalue weighted by molar-refractivity contribution is 9.10. The number of hydrogen-bond acceptors (Lipinski definition) is 5. The van der Waals surface area contributed by atoms with Crippen molar-refractivity contribution in [2.45, 2.75) is 17.9 Å². The van der Waals surface area contributed by atoms with Crippen LogP contribution >= 0.6 is 15.9 Å². The van der Waals surface area contributed by atoms with E-state index in [0.717, 1.165) is 35.0 Å². The van der Waals surface area contributed by atoms with Crippen molar-refractivity contribution in [2.24, 2.45) is 0 Å². The molecule has 0 amide bonds. The molecule has 11 heteroatoms. The van der Waals surface area contributed by atoms with E-state index in [0.29, 0.717) is 4.47 Å². The van der Waals surface area contributed by atoms with Crippen LogP contribution in [-0.2, 0) is 10.0 Å². The average molecular weight is 501 g/mol. The van der Waals surface area contributed by atoms with Gasteiger partial charge in [-0.25, -0.2) is 13.2 Å². The van der Waals surface area contributed by atoms with Crippen molar-refractivity contribution in [3.05, 3.63) is 75.5 Å². The third-order valence-electron chi connectivity index (χ3n) is 4.06. The molecule has 29 heavy (non-hydrogen) atoms. The molecule has 1 atom stereocenters. The first-order chi connectivity index (χ1) is 13.2. The van der Waals surface area contributed by atoms with Gasteiger partial charge in [0.05, 0.1) is 14.3 Å². The summed E-state index contributed by atoms with van der Waals surface area (Å²) in [5.41, 5.74) is -0.223. The Balaban J connectivity index is 0.00000300. The molecule has 1 unspecified atom stereocenters. The SMILES string of the molecule is CC(NS(=O)(=O)c1ccc([N+](=O)[O-])cc1)C(=O)[n+]1cc(Br)c2ccccc2c1.[Cl-]. The van der Waals surface area contributed by atoms with Gasteiger partial charge in [0.15, 0.2) is 12.4 Å². The molecule has 152 valence electrons. The van der Waals surface area contributed by atoms with Gasteiger partial charge in [0.1, 0.15) is 6.04 Å². The predicted octanol–water partition coefficient (Wildman–Crippen LogP) is -0.191. The number of rotatable bonds is 5. The second-order valence-corrected chi connectivity index (χ2v) is 8.60. The zero-order valence-corrected chi connectivity index (χ0v) is 18.1. The number of benzene rings is 2. The molecule has 8 nitrogen and oxygen atoms in total. The molecular formula is C18H15BrClN3O5S. The fraction of sp³-hybridized carbons (Fsp3) is 0.111. The number of nitrogens with one attached hydrogen (secondary N) is 1. The van der Waals surface area contributed by atoms with Crippen molar-refractivity contribution < 1.29 is 35.1 Å². The summed E-state index contributed by atoms with van der Waals surface area (Å²) >= 11 is 3.41. The Morgan fingerprint density at radius 3 is 2.38 bits per heavy atom. The Kier molecular flexibility index (Phi) is 7.06. The van der Waals surface area contributed by atoms with Crippen LogP contribution in [0.25, 0.3) is 10.8 Å². The topological polar surface area (TPSA) is 110 Å². The lowest BCUT2D eigenvalue weighted by Gasteiger charge is -2.10. The highest BCUT2D eigenvalue weighted by Gasteiger charge is 2.29. The van der Waals surface area contributed by atoms with E-state index in [1.165, 1.54) is 11.5 Å². The standard InChI is InChI=1S/C18H15BrN3O5S.ClH/c1-12(20-28(26,27)15-8-6-14(7-9-15)22(24)25)18(23)21-10-13-4-2-3-5-16(13)17(19)11-21;/h2-12,20H,1H3;1H/q+1;/p-1. The smallest absolute Gasteiger partial charge is 0.409 e. The number of carbonyl (C=O) groups is 1. The Hall–Kier alpha value is -2.40. The summed E-state index contributed by atoms with van der Waals surface area (Å²) in [5.74, 6) is -0.475. The van der Waals surface area contributed by atoms with Crippen molar-refractivity contribution in [1.82, 2.24) is 4.72 Å². The van der Waals surface area contributed by atoms with E-state index < -0.39 is 26.9 Å². The summed E-state index contributed by atoms with van der Waals surface area (Å²) in [6, 6.07) is 10.8. The molecule has 0 radical (unpaired) electrons. The van der Waals surface area contributed by atoms with Crippen LogP contribution in [0.3, 0.4) is 0 Å². The van der Waals surface area contributed by atoms with Crippen LogP contribution in [-0.4, -0.2) is 25.3 Å². The second-order valence-electron chi connectivity index (χ2n) is 6.03. The van der Waals surface area contributed by atoms with Crippen LogP contribution in [0, 0.1) is 10.1 Å². The van der Waals surface area contributed by atoms with E-state index in [1.807, 2.05) is 24.3 Å². The molecule has 1 N–H and O–H groups in total. The fourth-order valence-corrected chi connectivity index (χ4v) is 4.43. The van der Waals surface area contributed by atoms with Gasteiger partial charge >= 0.3 is 5.91 Å². The maximum absolute atomic E-state index is 12.7. The van der Waals surface area contributed by atoms with Gasteiger partial charge in [0.25, 0.3) is 5.69 Å². The van der Waals surface area contributed by atoms with Crippen LogP contribution in [0.2, 0.25) is 0 Å². The lowest BCUT2D eigenvalue weighted by molar-refractivity contribution is -0.574. The van der Waals surface area contributed by atoms with Crippen LogP contribution in [0.4, 0.5) is 5.69 Å². The predicted molar refractivity (Wildman–Crippen MR) is 105 cm³/mol. The number of halogens is 2. The number of carbonyl (C=O) groups excluding carboxylic acids is 1. The van der Waals surface area contributed by atoms with Crippen LogP contribution in [0.1, 0.15) is 11.7 Å². The molecule has 0 fully saturated rings. The molecule has 2 aromatic carbocycles. The normalized spacial score (nSPS) is 12.2. The molecule has 1 heterocycles. The Bertz CT molecular complexity index is 1190. The van der Waals surface area contributed by atoms with E-state index in [1.54, 1.807) is 12.4 Å². The monoisotopic (exact) mass is 499 g/mol. The molecule has 3 rings (SSSR count). The van der Waals surface area contributed by atoms with Crippen molar-refractivity contribution in [3.8, 4) is 0 Å². The number of pyridine rings is 1. The number of fused-ring (bicyclic) bond motifs is 1. The summed E-state index contributed by atoms with van der Waals surface area (Å²) in [6.45, 7) is 1.43. The summed E-state index contributed by atoms with van der Waals surface area (Å²) in [5, 5.41) is 12.4. The Labute approximate surface area is 181 Å². The highest BCUT2D eigenvalue weighted by atomic mass is 79.9. The second kappa shape index (κ2) is 8.95. The number of hydrogen-bond donors (Lipinski definition) is 1. The Morgan fingerprint density at radius 2 is 1.76 bits per heavy atom. The fourth-order valence-electron chi connectivity index (χ4n) is 2.65. The van der Waals surface area contributed by atoms with Crippen molar-refractivity contribution in [1.29, 1.82) is 0 Å². The van der Waals surface area contributed by atoms with Gasteiger partial charge in [-0.2, -0.15) is 4.72 Å². The molecule has 0 saturated heterocycles. The molecule has 3 aromatic rings. The van der Waals surface area contributed by atoms with Crippen LogP contribution in [0.5, 0.6) is 0 Å². The minimum Gasteiger partial charge on any atom is -1.00 e. The zero-order chi connectivity index (χ0) is 20.5. The molecule has 0 aliphatic carbocycles. The largest absolute Gasteiger partial charge is 1.00 e. The summed E-state index contributed by atoms with van der Waals surface area (Å²) in [6.07, 6.45) is 3.19. The average Bonchev–Trinajstić information content (AvgIpc) is 2.67. The van der Waals surface area contributed by atoms with Gasteiger partial charge in [-0.05, 0) is 41.1 Å². The number of nitro groups is 1. The van der Waals surface area contributed by atoms with Crippen molar-refractivity contribution >= 4 is 48.3 Å². The first kappa shape index (κ1) is 22.9. The maximum Gasteiger partial charge on any atom is 0.409 e. The lowest BCUT2D eigenvalue weighted by Crippen LogP contribution is -3.00. The number of nitro benzene ring substituents is 1. The maximum atomic E-state index is 12.7. The highest BCUT2D eigenvalue weighted by Crippen LogP contribution is 2.21. The van der Waals surface area contributed by atoms with Crippen LogP contribution in [0.15, 0.2) is 70.3 Å². The third-order valence-corrected chi connectivity index (χ3v) is 6.25. The number of aromatic nitrogens is 1. The van der Waals surface area contributed by atoms with E-state index >= 15 is 0 Å². The first-order valence-electron chi connectivity index (χ1n) is 8.09. The molecule has 0 bridgehead atoms. The van der Waals surface area contributed by atoms with E-state index in [2.05, 4.69) is 20.7 Å². The molecule has 0 spiro atoms. The summed E-state index contributed by atoms with van der Waals surface area (Å²) in [7, 11) is -4.03. The molecule has 0 saturated carbocycles. The Morgan fingerprint density at radius 1 is 1.14 bits per heavy atom. The third kappa shape index (κ3) is 4.96. The summed E-state index contributed by atoms with van der Waals surface area (Å²) < 4.78 is 29.3. The molecule has 0 aliphatic heterocycles. The molecule has 0 aliphatic rings. The zero-order valence-electron chi connectivity index (χ0n) is 15.0. The number of non-ortho nitro benzene ring substituents is 1. The van der Waals surface area contributed by atoms with Gasteiger partial charge in [0.2, 0.25) is 10.0 Å². The van der Waals surface area contributed by atoms with Gasteiger partial charge < -0.3 is 12.4 Å². The summed E-state index contributed by atoms with van der Waals surface area (Å²) in [4.78, 5) is 22.6. The van der Waals surface area contributed by atoms with Gasteiger partial charge in [0, 0.05) is 22.9 Å². The lowest BCUT2D eigenvalue weighted by atomic mass is 10.2. The van der Waals surface area contributed by atoms with E-state index in [9.17, 15) is 23.3 Å².